The number of nitrogens with zero attached hydrogens (tertiary/aromatic N) is 1. The molecule has 0 atom stereocenters. The predicted octanol–water partition coefficient (Wildman–Crippen LogP) is 0.637. The van der Waals surface area contributed by atoms with Crippen molar-refractivity contribution in [2.24, 2.45) is 0 Å². The van der Waals surface area contributed by atoms with Gasteiger partial charge in [0.15, 0.2) is 5.69 Å². The second-order valence-corrected chi connectivity index (χ2v) is 1.83. The number of nitrogens with one attached hydrogen (secondary N) is 1. The topological polar surface area (TPSA) is 86.2 Å². The van der Waals surface area contributed by atoms with E-state index in [0.29, 0.717) is 5.69 Å². The van der Waals surface area contributed by atoms with Gasteiger partial charge in [0.1, 0.15) is 0 Å². The number of hydrogen-bond donors (Lipinski definition) is 3. The van der Waals surface area contributed by atoms with Crippen LogP contribution >= 0.6 is 0 Å². The molecule has 1 rings (SSSR count). The van der Waals surface area contributed by atoms with Gasteiger partial charge in [0.25, 0.3) is 0 Å². The first-order chi connectivity index (χ1) is 5.24. The summed E-state index contributed by atoms with van der Waals surface area (Å²) < 4.78 is 0. The third-order valence-corrected chi connectivity index (χ3v) is 1.07. The van der Waals surface area contributed by atoms with Crippen molar-refractivity contribution in [3.05, 3.63) is 23.7 Å². The molecule has 0 radical (unpaired) electrons. The number of rotatable bonds is 2. The highest BCUT2D eigenvalue weighted by Gasteiger charge is 2.05. The van der Waals surface area contributed by atoms with Crippen LogP contribution in [0.2, 0.25) is 0 Å². The highest BCUT2D eigenvalue weighted by molar-refractivity contribution is 5.85. The Kier molecular flexibility index (Phi) is 1.91. The van der Waals surface area contributed by atoms with Gasteiger partial charge in [-0.3, -0.25) is 5.10 Å². The number of hydrogen-bond acceptors (Lipinski definition) is 3. The van der Waals surface area contributed by atoms with Crippen LogP contribution in [0.1, 0.15) is 16.2 Å². The molecule has 0 saturated carbocycles. The Morgan fingerprint density at radius 1 is 1.73 bits per heavy atom. The summed E-state index contributed by atoms with van der Waals surface area (Å²) >= 11 is 0. The Balaban J connectivity index is 2.90. The molecule has 0 aliphatic heterocycles. The Labute approximate surface area is 62.0 Å². The lowest BCUT2D eigenvalue weighted by molar-refractivity contribution is 0.0690. The summed E-state index contributed by atoms with van der Waals surface area (Å²) in [5.41, 5.74) is 0.378. The van der Waals surface area contributed by atoms with E-state index in [0.717, 1.165) is 6.26 Å². The maximum Gasteiger partial charge on any atom is 0.356 e. The fraction of sp³-hybridized carbons (Fsp3) is 0. The molecule has 0 unspecified atom stereocenters. The third-order valence-electron chi connectivity index (χ3n) is 1.07. The van der Waals surface area contributed by atoms with Gasteiger partial charge in [-0.1, -0.05) is 0 Å². The van der Waals surface area contributed by atoms with Crippen molar-refractivity contribution >= 4 is 12.0 Å². The summed E-state index contributed by atoms with van der Waals surface area (Å²) in [6, 6.07) is 1.31. The average molecular weight is 154 g/mol. The van der Waals surface area contributed by atoms with Crippen molar-refractivity contribution in [1.82, 2.24) is 10.2 Å². The number of aliphatic hydroxyl groups excluding tert-OH is 1. The Morgan fingerprint density at radius 2 is 2.45 bits per heavy atom. The summed E-state index contributed by atoms with van der Waals surface area (Å²) in [6.07, 6.45) is 2.11. The van der Waals surface area contributed by atoms with E-state index in [1.54, 1.807) is 0 Å². The second kappa shape index (κ2) is 2.87. The fourth-order valence-electron chi connectivity index (χ4n) is 0.612. The molecule has 5 heteroatoms. The summed E-state index contributed by atoms with van der Waals surface area (Å²) in [5, 5.41) is 22.5. The van der Waals surface area contributed by atoms with E-state index in [2.05, 4.69) is 10.2 Å². The van der Waals surface area contributed by atoms with Crippen LogP contribution in [0.4, 0.5) is 0 Å². The van der Waals surface area contributed by atoms with Crippen molar-refractivity contribution < 1.29 is 15.0 Å². The Hall–Kier alpha value is -1.78. The van der Waals surface area contributed by atoms with Crippen LogP contribution in [-0.4, -0.2) is 26.4 Å². The molecule has 11 heavy (non-hydrogen) atoms. The van der Waals surface area contributed by atoms with Crippen LogP contribution in [0.15, 0.2) is 12.3 Å². The lowest BCUT2D eigenvalue weighted by Crippen LogP contribution is -1.95. The predicted molar refractivity (Wildman–Crippen MR) is 37.2 cm³/mol. The molecule has 0 amide bonds. The summed E-state index contributed by atoms with van der Waals surface area (Å²) in [6.45, 7) is 0. The number of aromatic amines is 1. The SMILES string of the molecule is O=C(O)c1cc(/C=C/O)[nH]n1. The average Bonchev–Trinajstić information content (AvgIpc) is 2.37. The standard InChI is InChI=1S/C6H6N2O3/c9-2-1-4-3-5(6(10)11)8-7-4/h1-3,9H,(H,7,8)(H,10,11)/b2-1+. The zero-order valence-electron chi connectivity index (χ0n) is 5.48. The van der Waals surface area contributed by atoms with Gasteiger partial charge in [-0.15, -0.1) is 0 Å². The molecule has 0 fully saturated rings. The molecule has 0 aromatic carbocycles. The fourth-order valence-corrected chi connectivity index (χ4v) is 0.612. The number of aromatic nitrogens is 2. The first-order valence-electron chi connectivity index (χ1n) is 2.83. The molecule has 58 valence electrons. The number of carboxylic acid groups (broad SMARTS) is 1. The summed E-state index contributed by atoms with van der Waals surface area (Å²) in [7, 11) is 0. The highest BCUT2D eigenvalue weighted by atomic mass is 16.4. The highest BCUT2D eigenvalue weighted by Crippen LogP contribution is 2.00. The minimum atomic E-state index is -1.10. The van der Waals surface area contributed by atoms with Crippen LogP contribution in [0, 0.1) is 0 Å². The number of aromatic carboxylic acids is 1. The molecular formula is C6H6N2O3. The maximum absolute atomic E-state index is 10.2. The molecular weight excluding hydrogens is 148 g/mol. The van der Waals surface area contributed by atoms with Gasteiger partial charge in [-0.25, -0.2) is 4.79 Å². The van der Waals surface area contributed by atoms with Crippen LogP contribution in [-0.2, 0) is 0 Å². The van der Waals surface area contributed by atoms with Gasteiger partial charge in [-0.05, 0) is 12.1 Å². The zero-order chi connectivity index (χ0) is 8.27. The van der Waals surface area contributed by atoms with Crippen molar-refractivity contribution in [3.63, 3.8) is 0 Å². The van der Waals surface area contributed by atoms with Crippen LogP contribution in [0.5, 0.6) is 0 Å². The van der Waals surface area contributed by atoms with E-state index in [4.69, 9.17) is 10.2 Å². The van der Waals surface area contributed by atoms with E-state index in [9.17, 15) is 4.79 Å². The molecule has 3 N–H and O–H groups in total. The molecule has 0 aliphatic rings. The van der Waals surface area contributed by atoms with Crippen molar-refractivity contribution in [2.75, 3.05) is 0 Å². The van der Waals surface area contributed by atoms with E-state index in [1.807, 2.05) is 0 Å². The minimum Gasteiger partial charge on any atom is -0.516 e. The van der Waals surface area contributed by atoms with Gasteiger partial charge in [0.2, 0.25) is 0 Å². The minimum absolute atomic E-state index is 0.0712. The molecule has 0 bridgehead atoms. The van der Waals surface area contributed by atoms with Crippen LogP contribution in [0.25, 0.3) is 6.08 Å². The normalized spacial score (nSPS) is 10.5. The molecule has 0 saturated heterocycles. The van der Waals surface area contributed by atoms with E-state index < -0.39 is 5.97 Å². The van der Waals surface area contributed by atoms with Gasteiger partial charge >= 0.3 is 5.97 Å². The number of carbonyl (C=O) groups is 1. The smallest absolute Gasteiger partial charge is 0.356 e. The zero-order valence-corrected chi connectivity index (χ0v) is 5.48. The van der Waals surface area contributed by atoms with E-state index in [-0.39, 0.29) is 5.69 Å². The number of aliphatic hydroxyl groups is 1. The summed E-state index contributed by atoms with van der Waals surface area (Å²) in [4.78, 5) is 10.2. The van der Waals surface area contributed by atoms with E-state index in [1.165, 1.54) is 12.1 Å². The second-order valence-electron chi connectivity index (χ2n) is 1.83. The Morgan fingerprint density at radius 3 is 2.91 bits per heavy atom. The molecule has 1 aromatic heterocycles. The van der Waals surface area contributed by atoms with Crippen LogP contribution in [0.3, 0.4) is 0 Å². The van der Waals surface area contributed by atoms with Crippen molar-refractivity contribution in [2.45, 2.75) is 0 Å². The lowest BCUT2D eigenvalue weighted by Gasteiger charge is -1.78. The lowest BCUT2D eigenvalue weighted by atomic mass is 10.3. The molecule has 1 heterocycles. The first-order valence-corrected chi connectivity index (χ1v) is 2.83. The number of H-pyrrole nitrogens is 1. The molecule has 0 aliphatic carbocycles. The van der Waals surface area contributed by atoms with Gasteiger partial charge in [-0.2, -0.15) is 5.10 Å². The van der Waals surface area contributed by atoms with E-state index >= 15 is 0 Å². The number of carboxylic acids is 1. The molecule has 5 nitrogen and oxygen atoms in total. The first kappa shape index (κ1) is 7.33. The monoisotopic (exact) mass is 154 g/mol. The van der Waals surface area contributed by atoms with Gasteiger partial charge in [0.05, 0.1) is 12.0 Å². The van der Waals surface area contributed by atoms with Crippen LogP contribution < -0.4 is 0 Å². The molecule has 1 aromatic rings. The van der Waals surface area contributed by atoms with Gasteiger partial charge < -0.3 is 10.2 Å². The van der Waals surface area contributed by atoms with Crippen molar-refractivity contribution in [3.8, 4) is 0 Å². The maximum atomic E-state index is 10.2. The molecule has 0 spiro atoms. The third kappa shape index (κ3) is 1.57. The van der Waals surface area contributed by atoms with Gasteiger partial charge in [0, 0.05) is 0 Å². The summed E-state index contributed by atoms with van der Waals surface area (Å²) in [5.74, 6) is -1.10. The Bertz CT molecular complexity index is 290. The van der Waals surface area contributed by atoms with Crippen molar-refractivity contribution in [1.29, 1.82) is 0 Å². The quantitative estimate of drug-likeness (QED) is 0.545. The largest absolute Gasteiger partial charge is 0.516 e.